The van der Waals surface area contributed by atoms with Gasteiger partial charge in [0.2, 0.25) is 0 Å². The van der Waals surface area contributed by atoms with Crippen molar-refractivity contribution in [2.45, 2.75) is 37.8 Å². The van der Waals surface area contributed by atoms with E-state index in [1.54, 1.807) is 0 Å². The Morgan fingerprint density at radius 3 is 2.19 bits per heavy atom. The summed E-state index contributed by atoms with van der Waals surface area (Å²) in [6.07, 6.45) is 1.85. The maximum atomic E-state index is 13.4. The zero-order valence-electron chi connectivity index (χ0n) is 11.2. The molecule has 0 radical (unpaired) electrons. The molecule has 0 aliphatic heterocycles. The molecule has 1 aliphatic rings. The molecule has 0 aromatic heterocycles. The lowest BCUT2D eigenvalue weighted by atomic mass is 9.93. The van der Waals surface area contributed by atoms with Crippen molar-refractivity contribution in [2.75, 3.05) is 5.32 Å². The molecule has 0 saturated heterocycles. The molecule has 1 aromatic carbocycles. The van der Waals surface area contributed by atoms with Crippen LogP contribution in [0.5, 0.6) is 0 Å². The van der Waals surface area contributed by atoms with Crippen molar-refractivity contribution in [2.24, 2.45) is 0 Å². The molecular formula is C14H16F2N2O3. The molecule has 1 fully saturated rings. The van der Waals surface area contributed by atoms with Gasteiger partial charge in [-0.3, -0.25) is 9.59 Å². The van der Waals surface area contributed by atoms with Gasteiger partial charge in [0.05, 0.1) is 6.10 Å². The van der Waals surface area contributed by atoms with Crippen LogP contribution in [0.3, 0.4) is 0 Å². The maximum Gasteiger partial charge on any atom is 0.313 e. The quantitative estimate of drug-likeness (QED) is 0.721. The van der Waals surface area contributed by atoms with Crippen LogP contribution in [0.4, 0.5) is 14.5 Å². The van der Waals surface area contributed by atoms with Crippen molar-refractivity contribution in [3.05, 3.63) is 29.8 Å². The Morgan fingerprint density at radius 1 is 1.05 bits per heavy atom. The number of benzene rings is 1. The molecular weight excluding hydrogens is 282 g/mol. The Labute approximate surface area is 120 Å². The minimum atomic E-state index is -1.12. The van der Waals surface area contributed by atoms with Gasteiger partial charge in [-0.25, -0.2) is 8.78 Å². The lowest BCUT2D eigenvalue weighted by Gasteiger charge is -2.25. The number of amides is 2. The second-order valence-corrected chi connectivity index (χ2v) is 5.03. The van der Waals surface area contributed by atoms with Gasteiger partial charge in [0.15, 0.2) is 0 Å². The molecule has 1 saturated carbocycles. The Hall–Kier alpha value is -2.02. The van der Waals surface area contributed by atoms with Crippen molar-refractivity contribution < 1.29 is 23.5 Å². The Balaban J connectivity index is 1.92. The fourth-order valence-electron chi connectivity index (χ4n) is 2.26. The van der Waals surface area contributed by atoms with Gasteiger partial charge in [-0.15, -0.1) is 0 Å². The fourth-order valence-corrected chi connectivity index (χ4v) is 2.26. The molecule has 0 unspecified atom stereocenters. The van der Waals surface area contributed by atoms with Crippen molar-refractivity contribution >= 4 is 17.5 Å². The van der Waals surface area contributed by atoms with Crippen LogP contribution in [0.15, 0.2) is 18.2 Å². The first kappa shape index (κ1) is 15.4. The Bertz CT molecular complexity index is 523. The van der Waals surface area contributed by atoms with Crippen molar-refractivity contribution in [3.63, 3.8) is 0 Å². The zero-order valence-corrected chi connectivity index (χ0v) is 11.2. The van der Waals surface area contributed by atoms with Crippen LogP contribution in [0.1, 0.15) is 25.7 Å². The van der Waals surface area contributed by atoms with E-state index in [0.717, 1.165) is 18.2 Å². The van der Waals surface area contributed by atoms with Gasteiger partial charge in [0.25, 0.3) is 0 Å². The zero-order chi connectivity index (χ0) is 15.4. The summed E-state index contributed by atoms with van der Waals surface area (Å²) in [6, 6.07) is 2.92. The van der Waals surface area contributed by atoms with Gasteiger partial charge in [-0.2, -0.15) is 0 Å². The number of aliphatic hydroxyl groups is 1. The van der Waals surface area contributed by atoms with Crippen molar-refractivity contribution in [1.82, 2.24) is 5.32 Å². The van der Waals surface area contributed by atoms with Gasteiger partial charge in [-0.05, 0) is 37.8 Å². The summed E-state index contributed by atoms with van der Waals surface area (Å²) in [5.41, 5.74) is -0.642. The minimum absolute atomic E-state index is 0.211. The number of hydrogen-bond acceptors (Lipinski definition) is 3. The molecule has 2 rings (SSSR count). The summed E-state index contributed by atoms with van der Waals surface area (Å²) in [5.74, 6) is -3.96. The van der Waals surface area contributed by atoms with E-state index in [9.17, 15) is 23.5 Å². The molecule has 5 nitrogen and oxygen atoms in total. The van der Waals surface area contributed by atoms with Crippen LogP contribution in [0.25, 0.3) is 0 Å². The molecule has 1 aromatic rings. The number of aliphatic hydroxyl groups excluding tert-OH is 1. The summed E-state index contributed by atoms with van der Waals surface area (Å²) in [4.78, 5) is 23.3. The minimum Gasteiger partial charge on any atom is -0.393 e. The van der Waals surface area contributed by atoms with E-state index < -0.39 is 29.1 Å². The normalized spacial score (nSPS) is 21.7. The SMILES string of the molecule is O=C(Nc1c(F)cccc1F)C(=O)NC1CCC(O)CC1. The summed E-state index contributed by atoms with van der Waals surface area (Å²) >= 11 is 0. The lowest BCUT2D eigenvalue weighted by molar-refractivity contribution is -0.136. The number of hydrogen-bond donors (Lipinski definition) is 3. The van der Waals surface area contributed by atoms with Gasteiger partial charge >= 0.3 is 11.8 Å². The average Bonchev–Trinajstić information content (AvgIpc) is 2.45. The molecule has 21 heavy (non-hydrogen) atoms. The highest BCUT2D eigenvalue weighted by molar-refractivity contribution is 6.39. The molecule has 2 amide bonds. The predicted molar refractivity (Wildman–Crippen MR) is 71.4 cm³/mol. The predicted octanol–water partition coefficient (Wildman–Crippen LogP) is 1.32. The molecule has 0 bridgehead atoms. The number of carbonyl (C=O) groups excluding carboxylic acids is 2. The summed E-state index contributed by atoms with van der Waals surface area (Å²) in [5, 5.41) is 13.8. The summed E-state index contributed by atoms with van der Waals surface area (Å²) in [7, 11) is 0. The van der Waals surface area contributed by atoms with E-state index in [1.165, 1.54) is 0 Å². The van der Waals surface area contributed by atoms with E-state index in [2.05, 4.69) is 5.32 Å². The molecule has 7 heteroatoms. The van der Waals surface area contributed by atoms with E-state index in [-0.39, 0.29) is 12.1 Å². The number of halogens is 2. The second kappa shape index (κ2) is 6.62. The number of carbonyl (C=O) groups is 2. The number of nitrogens with one attached hydrogen (secondary N) is 2. The third-order valence-electron chi connectivity index (χ3n) is 3.44. The van der Waals surface area contributed by atoms with E-state index in [4.69, 9.17) is 0 Å². The molecule has 0 atom stereocenters. The third-order valence-corrected chi connectivity index (χ3v) is 3.44. The number of para-hydroxylation sites is 1. The maximum absolute atomic E-state index is 13.4. The molecule has 0 spiro atoms. The van der Waals surface area contributed by atoms with Crippen LogP contribution < -0.4 is 10.6 Å². The van der Waals surface area contributed by atoms with Crippen LogP contribution in [0.2, 0.25) is 0 Å². The van der Waals surface area contributed by atoms with Crippen LogP contribution in [0, 0.1) is 11.6 Å². The highest BCUT2D eigenvalue weighted by Gasteiger charge is 2.24. The number of rotatable bonds is 2. The number of anilines is 1. The van der Waals surface area contributed by atoms with Gasteiger partial charge in [0.1, 0.15) is 17.3 Å². The first-order valence-corrected chi connectivity index (χ1v) is 6.71. The van der Waals surface area contributed by atoms with Crippen LogP contribution in [-0.2, 0) is 9.59 Å². The van der Waals surface area contributed by atoms with E-state index in [0.29, 0.717) is 25.7 Å². The van der Waals surface area contributed by atoms with Gasteiger partial charge in [-0.1, -0.05) is 6.07 Å². The van der Waals surface area contributed by atoms with Crippen LogP contribution >= 0.6 is 0 Å². The third kappa shape index (κ3) is 3.98. The first-order valence-electron chi connectivity index (χ1n) is 6.71. The molecule has 114 valence electrons. The Kier molecular flexibility index (Phi) is 4.85. The monoisotopic (exact) mass is 298 g/mol. The Morgan fingerprint density at radius 2 is 1.62 bits per heavy atom. The molecule has 1 aliphatic carbocycles. The van der Waals surface area contributed by atoms with E-state index >= 15 is 0 Å². The standard InChI is InChI=1S/C14H16F2N2O3/c15-10-2-1-3-11(16)12(10)18-14(21)13(20)17-8-4-6-9(19)7-5-8/h1-3,8-9,19H,4-7H2,(H,17,20)(H,18,21). The fraction of sp³-hybridized carbons (Fsp3) is 0.429. The van der Waals surface area contributed by atoms with Gasteiger partial charge < -0.3 is 15.7 Å². The van der Waals surface area contributed by atoms with Crippen LogP contribution in [-0.4, -0.2) is 29.1 Å². The smallest absolute Gasteiger partial charge is 0.313 e. The van der Waals surface area contributed by atoms with Gasteiger partial charge in [0, 0.05) is 6.04 Å². The largest absolute Gasteiger partial charge is 0.393 e. The van der Waals surface area contributed by atoms with E-state index in [1.807, 2.05) is 5.32 Å². The highest BCUT2D eigenvalue weighted by Crippen LogP contribution is 2.19. The summed E-state index contributed by atoms with van der Waals surface area (Å²) < 4.78 is 26.7. The van der Waals surface area contributed by atoms with Crippen molar-refractivity contribution in [1.29, 1.82) is 0 Å². The average molecular weight is 298 g/mol. The first-order chi connectivity index (χ1) is 9.97. The molecule has 3 N–H and O–H groups in total. The summed E-state index contributed by atoms with van der Waals surface area (Å²) in [6.45, 7) is 0. The van der Waals surface area contributed by atoms with Crippen molar-refractivity contribution in [3.8, 4) is 0 Å². The highest BCUT2D eigenvalue weighted by atomic mass is 19.1. The second-order valence-electron chi connectivity index (χ2n) is 5.03. The molecule has 0 heterocycles. The lowest BCUT2D eigenvalue weighted by Crippen LogP contribution is -2.44. The topological polar surface area (TPSA) is 78.4 Å².